The average molecular weight is 730 g/mol. The smallest absolute Gasteiger partial charge is 0.204 e. The molecule has 292 valence electrons. The van der Waals surface area contributed by atoms with E-state index >= 15 is 0 Å². The van der Waals surface area contributed by atoms with E-state index in [1.807, 2.05) is 30.3 Å². The molecule has 7 heteroatoms. The topological polar surface area (TPSA) is 104 Å². The number of nitrogens with zero attached hydrogens (tertiary/aromatic N) is 1. The quantitative estimate of drug-likeness (QED) is 0.135. The molecule has 5 fully saturated rings. The Morgan fingerprint density at radius 3 is 2.30 bits per heavy atom. The fourth-order valence-electron chi connectivity index (χ4n) is 14.1. The second-order valence-electron chi connectivity index (χ2n) is 19.8. The third kappa shape index (κ3) is 6.92. The van der Waals surface area contributed by atoms with Crippen LogP contribution in [0.5, 0.6) is 0 Å². The van der Waals surface area contributed by atoms with Crippen LogP contribution in [0.25, 0.3) is 0 Å². The van der Waals surface area contributed by atoms with Crippen LogP contribution in [0.4, 0.5) is 0 Å². The van der Waals surface area contributed by atoms with E-state index in [-0.39, 0.29) is 62.6 Å². The highest BCUT2D eigenvalue weighted by molar-refractivity contribution is 6.00. The molecule has 0 aliphatic heterocycles. The van der Waals surface area contributed by atoms with Crippen LogP contribution in [0, 0.1) is 85.0 Å². The van der Waals surface area contributed by atoms with Crippen molar-refractivity contribution in [2.75, 3.05) is 13.7 Å². The number of allylic oxidation sites excluding steroid dienone is 2. The van der Waals surface area contributed by atoms with Gasteiger partial charge in [0.05, 0.1) is 6.61 Å². The van der Waals surface area contributed by atoms with E-state index < -0.39 is 0 Å². The summed E-state index contributed by atoms with van der Waals surface area (Å²) in [5.74, 6) is 3.65. The number of Topliss-reactive ketones (excluding diaryl/α,β-unsaturated/α-hetero) is 2. The van der Waals surface area contributed by atoms with Crippen LogP contribution < -0.4 is 0 Å². The van der Waals surface area contributed by atoms with Gasteiger partial charge in [-0.05, 0) is 127 Å². The summed E-state index contributed by atoms with van der Waals surface area (Å²) in [5, 5.41) is 11.5. The van der Waals surface area contributed by atoms with Gasteiger partial charge in [-0.15, -0.1) is 0 Å². The Balaban J connectivity index is 0.000000468. The standard InChI is InChI=1S/C38H57NO5.C8H10O/c1-22(2)33-30(42)20-38(16-17-39(43)44)15-11-28-26(34(33)38)8-9-32-36(28,6)14-12-31-35(4,5)25(10-13-37(31,32)7)19-29(41)27-18-24(21-40)23(27)3;1-9-7-8-5-3-2-4-6-8/h21-28,31-32H,8-20H2,1-7H3;2-6H,7H2,1H3. The Bertz CT molecular complexity index is 1580. The lowest BCUT2D eigenvalue weighted by atomic mass is 9.35. The number of methoxy groups -OCH3 is 1. The summed E-state index contributed by atoms with van der Waals surface area (Å²) in [5.41, 5.74) is 3.82. The Kier molecular flexibility index (Phi) is 11.4. The maximum atomic E-state index is 13.5. The van der Waals surface area contributed by atoms with E-state index in [4.69, 9.17) is 4.74 Å². The van der Waals surface area contributed by atoms with E-state index in [0.29, 0.717) is 61.2 Å². The molecular formula is C46H67NO6. The zero-order valence-corrected chi connectivity index (χ0v) is 34.0. The maximum absolute atomic E-state index is 13.5. The van der Waals surface area contributed by atoms with Crippen LogP contribution in [-0.4, -0.2) is 36.4 Å². The van der Waals surface area contributed by atoms with E-state index in [1.54, 1.807) is 7.11 Å². The lowest BCUT2D eigenvalue weighted by Gasteiger charge is -2.69. The Labute approximate surface area is 319 Å². The number of benzene rings is 1. The predicted octanol–water partition coefficient (Wildman–Crippen LogP) is 10.1. The minimum atomic E-state index is -0.300. The summed E-state index contributed by atoms with van der Waals surface area (Å²) in [6.07, 6.45) is 12.4. The molecule has 11 atom stereocenters. The van der Waals surface area contributed by atoms with Gasteiger partial charge in [-0.3, -0.25) is 19.7 Å². The average Bonchev–Trinajstić information content (AvgIpc) is 3.41. The predicted molar refractivity (Wildman–Crippen MR) is 208 cm³/mol. The van der Waals surface area contributed by atoms with Gasteiger partial charge in [-0.2, -0.15) is 0 Å². The van der Waals surface area contributed by atoms with E-state index in [0.717, 1.165) is 44.0 Å². The minimum Gasteiger partial charge on any atom is -0.380 e. The second kappa shape index (κ2) is 15.1. The number of aldehydes is 1. The Morgan fingerprint density at radius 1 is 0.981 bits per heavy atom. The minimum absolute atomic E-state index is 0.0464. The summed E-state index contributed by atoms with van der Waals surface area (Å²) >= 11 is 0. The Hall–Kier alpha value is -2.67. The molecule has 0 bridgehead atoms. The molecule has 0 N–H and O–H groups in total. The normalized spacial score (nSPS) is 39.8. The molecular weight excluding hydrogens is 663 g/mol. The first-order chi connectivity index (χ1) is 25.0. The molecule has 0 amide bonds. The molecule has 11 unspecified atom stereocenters. The molecule has 0 aromatic heterocycles. The zero-order valence-electron chi connectivity index (χ0n) is 34.0. The monoisotopic (exact) mass is 729 g/mol. The first kappa shape index (κ1) is 40.0. The summed E-state index contributed by atoms with van der Waals surface area (Å²) in [6.45, 7) is 17.1. The van der Waals surface area contributed by atoms with Crippen LogP contribution >= 0.6 is 0 Å². The number of nitro groups is 1. The van der Waals surface area contributed by atoms with Crippen LogP contribution in [0.2, 0.25) is 0 Å². The number of ether oxygens (including phenoxy) is 1. The van der Waals surface area contributed by atoms with Gasteiger partial charge in [0.15, 0.2) is 5.78 Å². The molecule has 7 nitrogen and oxygen atoms in total. The summed E-state index contributed by atoms with van der Waals surface area (Å²) < 4.78 is 4.93. The molecule has 1 aromatic rings. The highest BCUT2D eigenvalue weighted by Gasteiger charge is 2.66. The highest BCUT2D eigenvalue weighted by Crippen LogP contribution is 2.74. The summed E-state index contributed by atoms with van der Waals surface area (Å²) in [4.78, 5) is 49.6. The van der Waals surface area contributed by atoms with Crippen molar-refractivity contribution < 1.29 is 24.0 Å². The van der Waals surface area contributed by atoms with Crippen molar-refractivity contribution in [3.63, 3.8) is 0 Å². The fourth-order valence-corrected chi connectivity index (χ4v) is 14.1. The number of hydrogen-bond donors (Lipinski definition) is 0. The number of carbonyl (C=O) groups excluding carboxylic acids is 3. The van der Waals surface area contributed by atoms with Crippen LogP contribution in [0.1, 0.15) is 131 Å². The molecule has 6 aliphatic carbocycles. The summed E-state index contributed by atoms with van der Waals surface area (Å²) in [6, 6.07) is 10.1. The van der Waals surface area contributed by atoms with Crippen LogP contribution in [-0.2, 0) is 25.7 Å². The molecule has 5 saturated carbocycles. The number of rotatable bonds is 10. The second-order valence-corrected chi connectivity index (χ2v) is 19.8. The van der Waals surface area contributed by atoms with Gasteiger partial charge in [0.1, 0.15) is 12.1 Å². The lowest BCUT2D eigenvalue weighted by Crippen LogP contribution is -2.62. The molecule has 6 aliphatic rings. The lowest BCUT2D eigenvalue weighted by molar-refractivity contribution is -0.482. The molecule has 0 saturated heterocycles. The van der Waals surface area contributed by atoms with Gasteiger partial charge < -0.3 is 9.53 Å². The van der Waals surface area contributed by atoms with E-state index in [9.17, 15) is 24.5 Å². The van der Waals surface area contributed by atoms with Crippen molar-refractivity contribution in [3.8, 4) is 0 Å². The first-order valence-electron chi connectivity index (χ1n) is 20.9. The number of ketones is 2. The molecule has 0 spiro atoms. The molecule has 53 heavy (non-hydrogen) atoms. The first-order valence-corrected chi connectivity index (χ1v) is 20.9. The van der Waals surface area contributed by atoms with Crippen LogP contribution in [0.3, 0.4) is 0 Å². The van der Waals surface area contributed by atoms with Gasteiger partial charge in [0.25, 0.3) is 0 Å². The van der Waals surface area contributed by atoms with Gasteiger partial charge in [0.2, 0.25) is 6.54 Å². The number of hydrogen-bond acceptors (Lipinski definition) is 6. The number of carbonyl (C=O) groups is 3. The number of fused-ring (bicyclic) bond motifs is 7. The Morgan fingerprint density at radius 2 is 1.68 bits per heavy atom. The van der Waals surface area contributed by atoms with E-state index in [2.05, 4.69) is 48.5 Å². The van der Waals surface area contributed by atoms with Gasteiger partial charge >= 0.3 is 0 Å². The third-order valence-corrected chi connectivity index (χ3v) is 16.8. The largest absolute Gasteiger partial charge is 0.380 e. The van der Waals surface area contributed by atoms with Gasteiger partial charge in [-0.25, -0.2) is 0 Å². The zero-order chi connectivity index (χ0) is 38.5. The highest BCUT2D eigenvalue weighted by atomic mass is 16.6. The van der Waals surface area contributed by atoms with E-state index in [1.165, 1.54) is 36.8 Å². The van der Waals surface area contributed by atoms with Gasteiger partial charge in [0, 0.05) is 48.5 Å². The van der Waals surface area contributed by atoms with Crippen molar-refractivity contribution in [1.82, 2.24) is 0 Å². The molecule has 7 rings (SSSR count). The van der Waals surface area contributed by atoms with Crippen molar-refractivity contribution in [2.24, 2.45) is 74.9 Å². The van der Waals surface area contributed by atoms with Crippen molar-refractivity contribution in [3.05, 3.63) is 57.2 Å². The van der Waals surface area contributed by atoms with Crippen LogP contribution in [0.15, 0.2) is 41.5 Å². The fraction of sp³-hybridized carbons (Fsp3) is 0.761. The van der Waals surface area contributed by atoms with Gasteiger partial charge in [-0.1, -0.05) is 84.4 Å². The molecule has 0 radical (unpaired) electrons. The SMILES string of the molecule is CC(C)C1=C2C3CCC4C(C)(CCC5C(C)(C)C(CC(=O)C6CC(C=O)C6C)CCC54C)C3CCC2(CC[N+](=O)[O-])CC1=O.COCc1ccccc1. The van der Waals surface area contributed by atoms with Crippen molar-refractivity contribution >= 4 is 17.9 Å². The molecule has 0 heterocycles. The third-order valence-electron chi connectivity index (χ3n) is 16.8. The van der Waals surface area contributed by atoms with Crippen molar-refractivity contribution in [1.29, 1.82) is 0 Å². The summed E-state index contributed by atoms with van der Waals surface area (Å²) in [7, 11) is 1.70. The maximum Gasteiger partial charge on any atom is 0.204 e. The molecule has 1 aromatic carbocycles. The van der Waals surface area contributed by atoms with Crippen molar-refractivity contribution in [2.45, 2.75) is 132 Å².